The lowest BCUT2D eigenvalue weighted by Gasteiger charge is -2.02. The second-order valence-electron chi connectivity index (χ2n) is 2.09. The van der Waals surface area contributed by atoms with Crippen LogP contribution >= 0.6 is 15.9 Å². The Kier molecular flexibility index (Phi) is 3.32. The van der Waals surface area contributed by atoms with E-state index in [1.54, 1.807) is 6.20 Å². The molecule has 0 atom stereocenters. The fourth-order valence-corrected chi connectivity index (χ4v) is 0.931. The highest BCUT2D eigenvalue weighted by atomic mass is 79.9. The van der Waals surface area contributed by atoms with Gasteiger partial charge in [0.25, 0.3) is 0 Å². The van der Waals surface area contributed by atoms with Crippen LogP contribution in [0.5, 0.6) is 0 Å². The number of hydrogen-bond donors (Lipinski definition) is 2. The Bertz CT molecular complexity index is 209. The van der Waals surface area contributed by atoms with Crippen LogP contribution in [0.1, 0.15) is 0 Å². The van der Waals surface area contributed by atoms with Crippen LogP contribution in [-0.4, -0.2) is 18.1 Å². The van der Waals surface area contributed by atoms with E-state index in [2.05, 4.69) is 26.2 Å². The fourth-order valence-electron chi connectivity index (χ4n) is 0.697. The van der Waals surface area contributed by atoms with E-state index in [1.165, 1.54) is 0 Å². The molecular weight excluding hydrogens is 206 g/mol. The van der Waals surface area contributed by atoms with Crippen molar-refractivity contribution in [2.75, 3.05) is 18.4 Å². The number of nitrogens with zero attached hydrogens (tertiary/aromatic N) is 1. The minimum atomic E-state index is 0.635. The van der Waals surface area contributed by atoms with Crippen molar-refractivity contribution < 1.29 is 0 Å². The standard InChI is InChI=1S/C7H10BrN3/c8-7-2-1-6(5-11-7)10-4-3-9/h1-2,5,10H,3-4,9H2. The van der Waals surface area contributed by atoms with Gasteiger partial charge in [-0.05, 0) is 28.1 Å². The molecule has 1 rings (SSSR count). The van der Waals surface area contributed by atoms with Crippen LogP contribution in [0.15, 0.2) is 22.9 Å². The third-order valence-corrected chi connectivity index (χ3v) is 1.67. The molecule has 0 fully saturated rings. The summed E-state index contributed by atoms with van der Waals surface area (Å²) in [7, 11) is 0. The highest BCUT2D eigenvalue weighted by Crippen LogP contribution is 2.09. The molecule has 0 spiro atoms. The van der Waals surface area contributed by atoms with Crippen molar-refractivity contribution in [2.24, 2.45) is 5.73 Å². The number of anilines is 1. The molecule has 0 unspecified atom stereocenters. The maximum absolute atomic E-state index is 5.31. The van der Waals surface area contributed by atoms with Crippen molar-refractivity contribution in [3.8, 4) is 0 Å². The van der Waals surface area contributed by atoms with Gasteiger partial charge in [0.15, 0.2) is 0 Å². The van der Waals surface area contributed by atoms with Crippen LogP contribution in [0.4, 0.5) is 5.69 Å². The molecule has 1 aromatic rings. The maximum Gasteiger partial charge on any atom is 0.106 e. The highest BCUT2D eigenvalue weighted by Gasteiger charge is 1.89. The SMILES string of the molecule is NCCNc1ccc(Br)nc1. The van der Waals surface area contributed by atoms with Crippen molar-refractivity contribution in [3.63, 3.8) is 0 Å². The number of nitrogens with one attached hydrogen (secondary N) is 1. The number of halogens is 1. The molecule has 0 bridgehead atoms. The summed E-state index contributed by atoms with van der Waals surface area (Å²) >= 11 is 3.25. The fraction of sp³-hybridized carbons (Fsp3) is 0.286. The van der Waals surface area contributed by atoms with Gasteiger partial charge in [-0.2, -0.15) is 0 Å². The highest BCUT2D eigenvalue weighted by molar-refractivity contribution is 9.10. The monoisotopic (exact) mass is 215 g/mol. The molecule has 0 aliphatic carbocycles. The van der Waals surface area contributed by atoms with Gasteiger partial charge in [-0.25, -0.2) is 4.98 Å². The van der Waals surface area contributed by atoms with Crippen LogP contribution in [0.3, 0.4) is 0 Å². The summed E-state index contributed by atoms with van der Waals surface area (Å²) in [6.45, 7) is 1.42. The van der Waals surface area contributed by atoms with Crippen molar-refractivity contribution in [1.29, 1.82) is 0 Å². The van der Waals surface area contributed by atoms with Gasteiger partial charge in [0.05, 0.1) is 11.9 Å². The molecule has 0 aromatic carbocycles. The van der Waals surface area contributed by atoms with Gasteiger partial charge in [-0.15, -0.1) is 0 Å². The molecule has 0 aliphatic rings. The summed E-state index contributed by atoms with van der Waals surface area (Å²) in [6, 6.07) is 3.84. The number of pyridine rings is 1. The predicted octanol–water partition coefficient (Wildman–Crippen LogP) is 1.21. The number of aromatic nitrogens is 1. The number of rotatable bonds is 3. The second kappa shape index (κ2) is 4.31. The molecule has 3 nitrogen and oxygen atoms in total. The van der Waals surface area contributed by atoms with Crippen LogP contribution in [-0.2, 0) is 0 Å². The van der Waals surface area contributed by atoms with E-state index in [0.29, 0.717) is 6.54 Å². The lowest BCUT2D eigenvalue weighted by molar-refractivity contribution is 1.02. The third-order valence-electron chi connectivity index (χ3n) is 1.20. The van der Waals surface area contributed by atoms with E-state index in [4.69, 9.17) is 5.73 Å². The predicted molar refractivity (Wildman–Crippen MR) is 49.5 cm³/mol. The quantitative estimate of drug-likeness (QED) is 0.746. The number of nitrogens with two attached hydrogens (primary N) is 1. The molecule has 4 heteroatoms. The van der Waals surface area contributed by atoms with E-state index in [-0.39, 0.29) is 0 Å². The zero-order chi connectivity index (χ0) is 8.10. The van der Waals surface area contributed by atoms with Crippen molar-refractivity contribution in [3.05, 3.63) is 22.9 Å². The van der Waals surface area contributed by atoms with E-state index in [1.807, 2.05) is 12.1 Å². The summed E-state index contributed by atoms with van der Waals surface area (Å²) in [5, 5.41) is 3.11. The van der Waals surface area contributed by atoms with Crippen LogP contribution in [0.2, 0.25) is 0 Å². The molecule has 0 saturated carbocycles. The molecule has 0 saturated heterocycles. The summed E-state index contributed by atoms with van der Waals surface area (Å²) < 4.78 is 0.843. The normalized spacial score (nSPS) is 9.64. The zero-order valence-electron chi connectivity index (χ0n) is 6.05. The summed E-state index contributed by atoms with van der Waals surface area (Å²) in [4.78, 5) is 4.05. The first-order valence-corrected chi connectivity index (χ1v) is 4.17. The minimum absolute atomic E-state index is 0.635. The average molecular weight is 216 g/mol. The van der Waals surface area contributed by atoms with Gasteiger partial charge >= 0.3 is 0 Å². The molecule has 11 heavy (non-hydrogen) atoms. The Morgan fingerprint density at radius 2 is 2.36 bits per heavy atom. The molecule has 3 N–H and O–H groups in total. The summed E-state index contributed by atoms with van der Waals surface area (Å²) in [5.41, 5.74) is 6.31. The Labute approximate surface area is 74.1 Å². The van der Waals surface area contributed by atoms with Gasteiger partial charge in [0.2, 0.25) is 0 Å². The average Bonchev–Trinajstić information content (AvgIpc) is 2.04. The van der Waals surface area contributed by atoms with E-state index in [9.17, 15) is 0 Å². The lowest BCUT2D eigenvalue weighted by Crippen LogP contribution is -2.12. The number of hydrogen-bond acceptors (Lipinski definition) is 3. The molecule has 0 amide bonds. The van der Waals surface area contributed by atoms with E-state index < -0.39 is 0 Å². The molecule has 1 heterocycles. The Morgan fingerprint density at radius 1 is 1.55 bits per heavy atom. The Hall–Kier alpha value is -0.610. The van der Waals surface area contributed by atoms with Crippen molar-refractivity contribution in [1.82, 2.24) is 4.98 Å². The summed E-state index contributed by atoms with van der Waals surface area (Å²) in [5.74, 6) is 0. The largest absolute Gasteiger partial charge is 0.383 e. The Balaban J connectivity index is 2.52. The molecule has 60 valence electrons. The molecular formula is C7H10BrN3. The lowest BCUT2D eigenvalue weighted by atomic mass is 10.4. The molecule has 0 aliphatic heterocycles. The first-order valence-electron chi connectivity index (χ1n) is 3.38. The topological polar surface area (TPSA) is 50.9 Å². The van der Waals surface area contributed by atoms with Gasteiger partial charge in [0, 0.05) is 13.1 Å². The smallest absolute Gasteiger partial charge is 0.106 e. The van der Waals surface area contributed by atoms with Crippen LogP contribution < -0.4 is 11.1 Å². The minimum Gasteiger partial charge on any atom is -0.383 e. The van der Waals surface area contributed by atoms with E-state index in [0.717, 1.165) is 16.8 Å². The first kappa shape index (κ1) is 8.49. The van der Waals surface area contributed by atoms with Crippen LogP contribution in [0.25, 0.3) is 0 Å². The summed E-state index contributed by atoms with van der Waals surface area (Å²) in [6.07, 6.45) is 1.76. The van der Waals surface area contributed by atoms with Gasteiger partial charge < -0.3 is 11.1 Å². The maximum atomic E-state index is 5.31. The molecule has 1 aromatic heterocycles. The van der Waals surface area contributed by atoms with Crippen molar-refractivity contribution in [2.45, 2.75) is 0 Å². The Morgan fingerprint density at radius 3 is 2.91 bits per heavy atom. The third kappa shape index (κ3) is 2.86. The van der Waals surface area contributed by atoms with E-state index >= 15 is 0 Å². The molecule has 0 radical (unpaired) electrons. The van der Waals surface area contributed by atoms with Gasteiger partial charge in [-0.1, -0.05) is 0 Å². The first-order chi connectivity index (χ1) is 5.33. The van der Waals surface area contributed by atoms with Gasteiger partial charge in [0.1, 0.15) is 4.60 Å². The van der Waals surface area contributed by atoms with Gasteiger partial charge in [-0.3, -0.25) is 0 Å². The van der Waals surface area contributed by atoms with Crippen molar-refractivity contribution >= 4 is 21.6 Å². The second-order valence-corrected chi connectivity index (χ2v) is 2.90. The zero-order valence-corrected chi connectivity index (χ0v) is 7.63. The van der Waals surface area contributed by atoms with Crippen LogP contribution in [0, 0.1) is 0 Å².